The molecule has 14 nitrogen and oxygen atoms in total. The van der Waals surface area contributed by atoms with Crippen LogP contribution in [0.5, 0.6) is 0 Å². The normalized spacial score (nSPS) is 20.4. The largest absolute Gasteiger partial charge is 0.349 e. The Kier molecular flexibility index (Phi) is 23.7. The summed E-state index contributed by atoms with van der Waals surface area (Å²) in [4.78, 5) is 21.8. The predicted octanol–water partition coefficient (Wildman–Crippen LogP) is 11.4. The maximum Gasteiger partial charge on any atom is 0.254 e. The fourth-order valence-corrected chi connectivity index (χ4v) is 9.73. The zero-order valence-electron chi connectivity index (χ0n) is 43.5. The number of carbonyl (C=O) groups is 1. The van der Waals surface area contributed by atoms with Crippen LogP contribution in [0, 0.1) is 0 Å². The molecule has 398 valence electrons. The molecule has 0 unspecified atom stereocenters. The molecule has 0 aliphatic carbocycles. The molecule has 7 aromatic rings. The van der Waals surface area contributed by atoms with Gasteiger partial charge in [-0.15, -0.1) is 30.6 Å². The molecule has 0 bridgehead atoms. The highest BCUT2D eigenvalue weighted by Crippen LogP contribution is 2.33. The summed E-state index contributed by atoms with van der Waals surface area (Å²) >= 11 is 23.9. The molecular weight excluding hydrogens is 1010 g/mol. The van der Waals surface area contributed by atoms with E-state index in [4.69, 9.17) is 46.4 Å². The lowest BCUT2D eigenvalue weighted by molar-refractivity contribution is 0.0644. The molecule has 3 saturated heterocycles. The molecule has 74 heavy (non-hydrogen) atoms. The third-order valence-corrected chi connectivity index (χ3v) is 14.4. The van der Waals surface area contributed by atoms with Gasteiger partial charge in [-0.25, -0.2) is 0 Å². The van der Waals surface area contributed by atoms with Crippen molar-refractivity contribution in [1.29, 1.82) is 0 Å². The molecule has 3 fully saturated rings. The monoisotopic (exact) mass is 1090 g/mol. The molecular formula is C56H75Cl4N13O. The van der Waals surface area contributed by atoms with E-state index in [0.29, 0.717) is 57.9 Å². The minimum absolute atomic E-state index is 0. The molecule has 18 heteroatoms. The zero-order valence-corrected chi connectivity index (χ0v) is 46.6. The van der Waals surface area contributed by atoms with E-state index in [9.17, 15) is 4.79 Å². The Morgan fingerprint density at radius 2 is 0.838 bits per heavy atom. The first-order valence-corrected chi connectivity index (χ1v) is 26.9. The lowest BCUT2D eigenvalue weighted by Crippen LogP contribution is -2.58. The number of nitrogens with one attached hydrogen (secondary N) is 3. The van der Waals surface area contributed by atoms with Crippen LogP contribution >= 0.6 is 46.4 Å². The van der Waals surface area contributed by atoms with Gasteiger partial charge < -0.3 is 35.6 Å². The van der Waals surface area contributed by atoms with Crippen LogP contribution in [0.1, 0.15) is 80.1 Å². The van der Waals surface area contributed by atoms with Crippen LogP contribution in [0.4, 0.5) is 11.6 Å². The number of anilines is 2. The number of fused-ring (bicyclic) bond motifs is 3. The van der Waals surface area contributed by atoms with Crippen molar-refractivity contribution in [3.05, 3.63) is 129 Å². The van der Waals surface area contributed by atoms with Crippen LogP contribution in [0.15, 0.2) is 103 Å². The lowest BCUT2D eigenvalue weighted by Gasteiger charge is -2.44. The van der Waals surface area contributed by atoms with Gasteiger partial charge in [0.25, 0.3) is 5.91 Å². The highest BCUT2D eigenvalue weighted by atomic mass is 35.5. The Labute approximate surface area is 458 Å². The molecule has 3 aromatic heterocycles. The summed E-state index contributed by atoms with van der Waals surface area (Å²) in [6.45, 7) is 28.5. The Bertz CT molecular complexity index is 2780. The summed E-state index contributed by atoms with van der Waals surface area (Å²) in [5, 5.41) is 41.8. The van der Waals surface area contributed by atoms with Crippen molar-refractivity contribution in [2.24, 2.45) is 0 Å². The number of halogens is 4. The van der Waals surface area contributed by atoms with Crippen molar-refractivity contribution < 1.29 is 4.79 Å². The van der Waals surface area contributed by atoms with Gasteiger partial charge in [0.15, 0.2) is 32.2 Å². The second-order valence-corrected chi connectivity index (χ2v) is 20.2. The van der Waals surface area contributed by atoms with Crippen LogP contribution < -0.4 is 25.8 Å². The molecule has 3 N–H and O–H groups in total. The number of rotatable bonds is 6. The van der Waals surface area contributed by atoms with Gasteiger partial charge in [0, 0.05) is 113 Å². The average molecular weight is 1090 g/mol. The van der Waals surface area contributed by atoms with Crippen LogP contribution in [-0.2, 0) is 0 Å². The van der Waals surface area contributed by atoms with E-state index < -0.39 is 0 Å². The van der Waals surface area contributed by atoms with Crippen molar-refractivity contribution in [2.75, 3.05) is 68.7 Å². The minimum Gasteiger partial charge on any atom is -0.349 e. The Morgan fingerprint density at radius 1 is 0.473 bits per heavy atom. The SMILES string of the molecule is C.CCN(CC)CC.C[C@@H]1CN(C(=O)c2ccccc2)[C@@H](C)CN1c1nnc(Cl)c2ccccc12.C[C@@H]1CN[C@@H](C)CN1.C[C@@H]1CN[C@@H](C)CN1c1nnc(Cl)c2ccccc12.Clc1nnc(Cl)c2ccccc12. The van der Waals surface area contributed by atoms with Gasteiger partial charge in [-0.2, -0.15) is 0 Å². The number of amides is 1. The van der Waals surface area contributed by atoms with Gasteiger partial charge in [-0.05, 0) is 73.3 Å². The molecule has 1 amide bonds. The van der Waals surface area contributed by atoms with Gasteiger partial charge in [0.1, 0.15) is 0 Å². The molecule has 4 aromatic carbocycles. The van der Waals surface area contributed by atoms with E-state index in [2.05, 4.69) is 130 Å². The Hall–Kier alpha value is -5.03. The van der Waals surface area contributed by atoms with Crippen LogP contribution in [0.2, 0.25) is 20.6 Å². The fourth-order valence-electron chi connectivity index (χ4n) is 8.92. The second-order valence-electron chi connectivity index (χ2n) is 18.8. The zero-order chi connectivity index (χ0) is 52.6. The third kappa shape index (κ3) is 15.8. The van der Waals surface area contributed by atoms with Crippen molar-refractivity contribution in [2.45, 2.75) is 106 Å². The maximum absolute atomic E-state index is 12.9. The van der Waals surface area contributed by atoms with Crippen molar-refractivity contribution in [3.8, 4) is 0 Å². The Balaban J connectivity index is 0.000000187. The number of aromatic nitrogens is 6. The summed E-state index contributed by atoms with van der Waals surface area (Å²) in [6, 6.07) is 35.2. The minimum atomic E-state index is 0. The first-order valence-electron chi connectivity index (χ1n) is 25.3. The molecule has 10 rings (SSSR count). The number of benzene rings is 4. The summed E-state index contributed by atoms with van der Waals surface area (Å²) in [7, 11) is 0. The van der Waals surface area contributed by atoms with Crippen molar-refractivity contribution >= 4 is 96.3 Å². The summed E-state index contributed by atoms with van der Waals surface area (Å²) in [6.07, 6.45) is 0. The van der Waals surface area contributed by atoms with Gasteiger partial charge in [0.05, 0.1) is 0 Å². The topological polar surface area (TPSA) is 143 Å². The van der Waals surface area contributed by atoms with Crippen molar-refractivity contribution in [3.63, 3.8) is 0 Å². The number of hydrogen-bond acceptors (Lipinski definition) is 13. The summed E-state index contributed by atoms with van der Waals surface area (Å²) in [5.74, 6) is 1.82. The van der Waals surface area contributed by atoms with E-state index in [1.54, 1.807) is 0 Å². The van der Waals surface area contributed by atoms with Crippen LogP contribution in [0.3, 0.4) is 0 Å². The van der Waals surface area contributed by atoms with Crippen LogP contribution in [0.25, 0.3) is 32.3 Å². The van der Waals surface area contributed by atoms with Gasteiger partial charge >= 0.3 is 0 Å². The first kappa shape index (κ1) is 59.8. The molecule has 0 radical (unpaired) electrons. The smallest absolute Gasteiger partial charge is 0.254 e. The van der Waals surface area contributed by atoms with Gasteiger partial charge in [-0.1, -0.05) is 166 Å². The van der Waals surface area contributed by atoms with E-state index in [0.717, 1.165) is 75.7 Å². The highest BCUT2D eigenvalue weighted by Gasteiger charge is 2.34. The van der Waals surface area contributed by atoms with Gasteiger partial charge in [-0.3, -0.25) is 4.79 Å². The molecule has 6 atom stereocenters. The number of hydrogen-bond donors (Lipinski definition) is 3. The van der Waals surface area contributed by atoms with E-state index in [1.165, 1.54) is 19.6 Å². The average Bonchev–Trinajstić information content (AvgIpc) is 3.41. The predicted molar refractivity (Wildman–Crippen MR) is 312 cm³/mol. The van der Waals surface area contributed by atoms with E-state index >= 15 is 0 Å². The fraction of sp³-hybridized carbons (Fsp3) is 0.446. The molecule has 0 spiro atoms. The summed E-state index contributed by atoms with van der Waals surface area (Å²) < 4.78 is 0. The molecule has 3 aliphatic heterocycles. The lowest BCUT2D eigenvalue weighted by atomic mass is 10.0. The Morgan fingerprint density at radius 3 is 1.24 bits per heavy atom. The number of nitrogens with zero attached hydrogens (tertiary/aromatic N) is 10. The highest BCUT2D eigenvalue weighted by molar-refractivity contribution is 6.38. The standard InChI is InChI=1S/C21H21ClN4O.C14H17ClN4.C8H4Cl2N2.C6H14N2.C6H15N.CH4/c1-14-13-26(21(27)16-8-4-3-5-9-16)15(2)12-25(14)20-18-11-7-6-10-17(18)19(22)23-24-20;1-9-8-19(10(2)7-16-9)14-12-6-4-3-5-11(12)13(15)17-18-14;9-7-5-3-1-2-4-6(5)8(10)12-11-7;1-5-3-8-6(2)4-7-5;1-4-7(5-2)6-3;/h3-11,14-15H,12-13H2,1-2H3;3-6,9-10,16H,7-8H2,1-2H3;1-4H;5-8H,3-4H2,1-2H3;4-6H2,1-3H3;1H4/t14-,15+;9-,10+;;5-,6+;;/m10..../s1. The van der Waals surface area contributed by atoms with Crippen molar-refractivity contribution in [1.82, 2.24) is 56.3 Å². The second kappa shape index (κ2) is 29.3. The molecule has 3 aliphatic rings. The van der Waals surface area contributed by atoms with E-state index in [1.807, 2.05) is 102 Å². The van der Waals surface area contributed by atoms with E-state index in [-0.39, 0.29) is 25.4 Å². The molecule has 6 heterocycles. The first-order chi connectivity index (χ1) is 35.1. The third-order valence-electron chi connectivity index (χ3n) is 13.3. The summed E-state index contributed by atoms with van der Waals surface area (Å²) in [5.41, 5.74) is 0.724. The molecule has 0 saturated carbocycles. The van der Waals surface area contributed by atoms with Crippen LogP contribution in [-0.4, -0.2) is 141 Å². The number of piperazine rings is 3. The number of carbonyl (C=O) groups excluding carboxylic acids is 1. The quantitative estimate of drug-likeness (QED) is 0.145. The maximum atomic E-state index is 12.9. The van der Waals surface area contributed by atoms with Gasteiger partial charge in [0.2, 0.25) is 0 Å².